The van der Waals surface area contributed by atoms with Crippen LogP contribution in [0.1, 0.15) is 30.5 Å². The highest BCUT2D eigenvalue weighted by Crippen LogP contribution is 2.35. The Labute approximate surface area is 170 Å². The molecule has 0 fully saturated rings. The van der Waals surface area contributed by atoms with Gasteiger partial charge in [-0.05, 0) is 36.3 Å². The Morgan fingerprint density at radius 2 is 2.03 bits per heavy atom. The van der Waals surface area contributed by atoms with Gasteiger partial charge in [0.25, 0.3) is 0 Å². The molecule has 2 heterocycles. The molecule has 3 N–H and O–H groups in total. The van der Waals surface area contributed by atoms with Gasteiger partial charge in [-0.3, -0.25) is 4.98 Å². The molecule has 0 aliphatic carbocycles. The Morgan fingerprint density at radius 3 is 2.79 bits per heavy atom. The zero-order chi connectivity index (χ0) is 20.1. The minimum absolute atomic E-state index is 0.193. The molecule has 0 saturated carbocycles. The van der Waals surface area contributed by atoms with Gasteiger partial charge in [-0.2, -0.15) is 0 Å². The summed E-state index contributed by atoms with van der Waals surface area (Å²) in [7, 11) is 0. The number of aromatic nitrogens is 1. The zero-order valence-electron chi connectivity index (χ0n) is 16.4. The first-order valence-electron chi connectivity index (χ1n) is 9.93. The number of nitrogens with zero attached hydrogens (tertiary/aromatic N) is 1. The van der Waals surface area contributed by atoms with Crippen molar-refractivity contribution in [1.29, 1.82) is 0 Å². The summed E-state index contributed by atoms with van der Waals surface area (Å²) in [6.45, 7) is 3.55. The lowest BCUT2D eigenvalue weighted by Gasteiger charge is -2.25. The van der Waals surface area contributed by atoms with Crippen molar-refractivity contribution in [2.75, 3.05) is 13.2 Å². The van der Waals surface area contributed by atoms with Gasteiger partial charge in [-0.1, -0.05) is 49.4 Å². The molecule has 0 amide bonds. The van der Waals surface area contributed by atoms with Crippen LogP contribution in [0.2, 0.25) is 0 Å². The molecule has 3 aromatic rings. The van der Waals surface area contributed by atoms with E-state index in [1.807, 2.05) is 60.7 Å². The molecule has 1 atom stereocenters. The molecule has 0 saturated heterocycles. The molecule has 1 unspecified atom stereocenters. The zero-order valence-corrected chi connectivity index (χ0v) is 16.4. The summed E-state index contributed by atoms with van der Waals surface area (Å²) in [6, 6.07) is 15.5. The van der Waals surface area contributed by atoms with Gasteiger partial charge in [0.2, 0.25) is 0 Å². The van der Waals surface area contributed by atoms with Crippen LogP contribution in [0.4, 0.5) is 0 Å². The minimum Gasteiger partial charge on any atom is -0.505 e. The molecule has 4 rings (SSSR count). The molecule has 1 aliphatic rings. The van der Waals surface area contributed by atoms with Gasteiger partial charge in [0.15, 0.2) is 0 Å². The largest absolute Gasteiger partial charge is 0.505 e. The molecule has 5 heteroatoms. The average Bonchev–Trinajstić information content (AvgIpc) is 2.78. The van der Waals surface area contributed by atoms with Crippen LogP contribution in [0.15, 0.2) is 78.8 Å². The lowest BCUT2D eigenvalue weighted by atomic mass is 9.96. The fourth-order valence-electron chi connectivity index (χ4n) is 3.41. The van der Waals surface area contributed by atoms with E-state index in [9.17, 15) is 5.11 Å². The Hall–Kier alpha value is -3.47. The first-order valence-corrected chi connectivity index (χ1v) is 9.93. The van der Waals surface area contributed by atoms with E-state index < -0.39 is 0 Å². The third kappa shape index (κ3) is 4.19. The summed E-state index contributed by atoms with van der Waals surface area (Å²) in [6.07, 6.45) is 8.73. The number of dihydropyridines is 1. The van der Waals surface area contributed by atoms with Crippen molar-refractivity contribution in [3.63, 3.8) is 0 Å². The number of benzene rings is 2. The molecule has 0 bridgehead atoms. The number of allylic oxidation sites excluding steroid dienone is 2. The molecule has 1 aliphatic heterocycles. The Bertz CT molecular complexity index is 1040. The summed E-state index contributed by atoms with van der Waals surface area (Å²) >= 11 is 0. The number of aromatic hydroxyl groups is 1. The van der Waals surface area contributed by atoms with Gasteiger partial charge in [-0.15, -0.1) is 0 Å². The number of rotatable bonds is 7. The van der Waals surface area contributed by atoms with Crippen molar-refractivity contribution in [3.05, 3.63) is 89.9 Å². The predicted octanol–water partition coefficient (Wildman–Crippen LogP) is 4.41. The maximum absolute atomic E-state index is 11.0. The van der Waals surface area contributed by atoms with Crippen LogP contribution in [0.25, 0.3) is 10.9 Å². The Balaban J connectivity index is 1.73. The lowest BCUT2D eigenvalue weighted by Crippen LogP contribution is -2.31. The minimum atomic E-state index is -0.244. The van der Waals surface area contributed by atoms with Crippen LogP contribution in [0.3, 0.4) is 0 Å². The molecule has 0 spiro atoms. The maximum Gasteiger partial charge on any atom is 0.147 e. The van der Waals surface area contributed by atoms with Crippen LogP contribution in [-0.2, 0) is 0 Å². The van der Waals surface area contributed by atoms with Crippen LogP contribution >= 0.6 is 0 Å². The van der Waals surface area contributed by atoms with Crippen molar-refractivity contribution in [2.45, 2.75) is 19.4 Å². The van der Waals surface area contributed by atoms with E-state index >= 15 is 0 Å². The van der Waals surface area contributed by atoms with E-state index in [0.717, 1.165) is 41.0 Å². The second-order valence-corrected chi connectivity index (χ2v) is 6.96. The predicted molar refractivity (Wildman–Crippen MR) is 116 cm³/mol. The van der Waals surface area contributed by atoms with Gasteiger partial charge in [0.05, 0.1) is 18.5 Å². The van der Waals surface area contributed by atoms with Crippen molar-refractivity contribution in [1.82, 2.24) is 15.6 Å². The number of pyridine rings is 1. The lowest BCUT2D eigenvalue weighted by molar-refractivity contribution is 0.317. The maximum atomic E-state index is 11.0. The van der Waals surface area contributed by atoms with E-state index in [4.69, 9.17) is 4.74 Å². The molecule has 2 aromatic carbocycles. The van der Waals surface area contributed by atoms with Crippen LogP contribution in [0.5, 0.6) is 11.5 Å². The molecular weight excluding hydrogens is 362 g/mol. The van der Waals surface area contributed by atoms with E-state index in [2.05, 4.69) is 28.6 Å². The number of hydrogen-bond acceptors (Lipinski definition) is 5. The number of phenolic OH excluding ortho intramolecular Hbond substituents is 1. The summed E-state index contributed by atoms with van der Waals surface area (Å²) in [5, 5.41) is 18.8. The molecule has 29 heavy (non-hydrogen) atoms. The summed E-state index contributed by atoms with van der Waals surface area (Å²) in [5.74, 6) is 1.94. The third-order valence-corrected chi connectivity index (χ3v) is 4.89. The van der Waals surface area contributed by atoms with E-state index in [1.165, 1.54) is 0 Å². The van der Waals surface area contributed by atoms with Crippen molar-refractivity contribution in [2.24, 2.45) is 0 Å². The van der Waals surface area contributed by atoms with Crippen molar-refractivity contribution in [3.8, 4) is 11.5 Å². The smallest absolute Gasteiger partial charge is 0.147 e. The Morgan fingerprint density at radius 1 is 1.17 bits per heavy atom. The first kappa shape index (κ1) is 18.9. The number of phenols is 1. The fraction of sp³-hybridized carbons (Fsp3) is 0.208. The highest BCUT2D eigenvalue weighted by atomic mass is 16.5. The second-order valence-electron chi connectivity index (χ2n) is 6.96. The van der Waals surface area contributed by atoms with E-state index in [0.29, 0.717) is 12.1 Å². The van der Waals surface area contributed by atoms with Crippen LogP contribution < -0.4 is 15.4 Å². The SMILES string of the molecule is CCCOc1ccc(C(NC2=CC=CCN2)c2ccc3cccnc3c2O)cc1. The molecule has 148 valence electrons. The van der Waals surface area contributed by atoms with Crippen LogP contribution in [0, 0.1) is 0 Å². The van der Waals surface area contributed by atoms with Gasteiger partial charge < -0.3 is 20.5 Å². The standard InChI is InChI=1S/C24H25N3O2/c1-2-16-29-19-11-8-18(9-12-19)22(27-21-7-3-4-14-25-21)20-13-10-17-6-5-15-26-23(17)24(20)28/h3-13,15,22,25,27-28H,2,14,16H2,1H3. The summed E-state index contributed by atoms with van der Waals surface area (Å²) in [5.41, 5.74) is 2.40. The monoisotopic (exact) mass is 387 g/mol. The van der Waals surface area contributed by atoms with Gasteiger partial charge in [0, 0.05) is 23.7 Å². The fourth-order valence-corrected chi connectivity index (χ4v) is 3.41. The Kier molecular flexibility index (Phi) is 5.66. The average molecular weight is 387 g/mol. The van der Waals surface area contributed by atoms with E-state index in [-0.39, 0.29) is 11.8 Å². The number of fused-ring (bicyclic) bond motifs is 1. The molecule has 1 aromatic heterocycles. The van der Waals surface area contributed by atoms with Crippen molar-refractivity contribution >= 4 is 10.9 Å². The number of ether oxygens (including phenoxy) is 1. The number of nitrogens with one attached hydrogen (secondary N) is 2. The first-order chi connectivity index (χ1) is 14.3. The third-order valence-electron chi connectivity index (χ3n) is 4.89. The van der Waals surface area contributed by atoms with Crippen LogP contribution in [-0.4, -0.2) is 23.2 Å². The number of hydrogen-bond donors (Lipinski definition) is 3. The normalized spacial score (nSPS) is 14.2. The molecular formula is C24H25N3O2. The molecule has 5 nitrogen and oxygen atoms in total. The second kappa shape index (κ2) is 8.69. The van der Waals surface area contributed by atoms with Crippen molar-refractivity contribution < 1.29 is 9.84 Å². The van der Waals surface area contributed by atoms with Gasteiger partial charge in [-0.25, -0.2) is 0 Å². The van der Waals surface area contributed by atoms with E-state index in [1.54, 1.807) is 6.20 Å². The molecule has 0 radical (unpaired) electrons. The summed E-state index contributed by atoms with van der Waals surface area (Å²) < 4.78 is 5.71. The topological polar surface area (TPSA) is 66.4 Å². The highest BCUT2D eigenvalue weighted by molar-refractivity contribution is 5.85. The van der Waals surface area contributed by atoms with Gasteiger partial charge >= 0.3 is 0 Å². The summed E-state index contributed by atoms with van der Waals surface area (Å²) in [4.78, 5) is 4.37. The highest BCUT2D eigenvalue weighted by Gasteiger charge is 2.21. The quantitative estimate of drug-likeness (QED) is 0.560. The van der Waals surface area contributed by atoms with Gasteiger partial charge in [0.1, 0.15) is 17.0 Å².